The van der Waals surface area contributed by atoms with E-state index in [-0.39, 0.29) is 5.91 Å². The summed E-state index contributed by atoms with van der Waals surface area (Å²) in [6.07, 6.45) is 1.77. The molecule has 3 nitrogen and oxygen atoms in total. The Balaban J connectivity index is 1.93. The zero-order valence-electron chi connectivity index (χ0n) is 13.9. The van der Waals surface area contributed by atoms with Crippen molar-refractivity contribution >= 4 is 49.8 Å². The molecule has 4 rings (SSSR count). The average Bonchev–Trinajstić information content (AvgIpc) is 3.00. The van der Waals surface area contributed by atoms with Crippen LogP contribution in [0.5, 0.6) is 0 Å². The van der Waals surface area contributed by atoms with Crippen LogP contribution in [0.15, 0.2) is 78.3 Å². The third kappa shape index (κ3) is 2.87. The van der Waals surface area contributed by atoms with Crippen LogP contribution in [-0.4, -0.2) is 10.5 Å². The van der Waals surface area contributed by atoms with Gasteiger partial charge in [-0.1, -0.05) is 71.5 Å². The fraction of sp³-hybridized carbons (Fsp3) is 0.0476. The van der Waals surface area contributed by atoms with Gasteiger partial charge in [0.05, 0.1) is 15.2 Å². The van der Waals surface area contributed by atoms with Gasteiger partial charge in [-0.15, -0.1) is 6.58 Å². The standard InChI is InChI=1S/C21H15ClN2OS/c1-2-13-24-19-17(22)11-6-12-18(19)26-21(24)23-20(25)16-10-5-8-14-7-3-4-9-15(14)16/h2-12H,1,13H2. The molecule has 5 heteroatoms. The van der Waals surface area contributed by atoms with Crippen molar-refractivity contribution in [2.24, 2.45) is 4.99 Å². The van der Waals surface area contributed by atoms with Crippen LogP contribution in [0.3, 0.4) is 0 Å². The number of carbonyl (C=O) groups excluding carboxylic acids is 1. The van der Waals surface area contributed by atoms with Crippen LogP contribution in [-0.2, 0) is 6.54 Å². The minimum atomic E-state index is -0.262. The highest BCUT2D eigenvalue weighted by Crippen LogP contribution is 2.25. The first-order valence-electron chi connectivity index (χ1n) is 8.14. The molecule has 1 aromatic heterocycles. The molecule has 0 unspecified atom stereocenters. The SMILES string of the molecule is C=CCn1c(=NC(=O)c2cccc3ccccc23)sc2cccc(Cl)c21. The van der Waals surface area contributed by atoms with Gasteiger partial charge in [-0.3, -0.25) is 4.79 Å². The molecule has 0 atom stereocenters. The van der Waals surface area contributed by atoms with E-state index < -0.39 is 0 Å². The normalized spacial score (nSPS) is 12.0. The molecule has 3 aromatic carbocycles. The van der Waals surface area contributed by atoms with Gasteiger partial charge in [0.1, 0.15) is 0 Å². The van der Waals surface area contributed by atoms with E-state index in [9.17, 15) is 4.79 Å². The first-order chi connectivity index (χ1) is 12.7. The molecule has 1 heterocycles. The van der Waals surface area contributed by atoms with E-state index in [0.717, 1.165) is 21.0 Å². The van der Waals surface area contributed by atoms with E-state index in [2.05, 4.69) is 11.6 Å². The predicted octanol–water partition coefficient (Wildman–Crippen LogP) is 5.44. The second-order valence-corrected chi connectivity index (χ2v) is 7.23. The van der Waals surface area contributed by atoms with E-state index in [1.54, 1.807) is 6.08 Å². The summed E-state index contributed by atoms with van der Waals surface area (Å²) in [7, 11) is 0. The molecule has 0 aliphatic heterocycles. The van der Waals surface area contributed by atoms with Gasteiger partial charge in [-0.05, 0) is 29.0 Å². The van der Waals surface area contributed by atoms with Gasteiger partial charge < -0.3 is 4.57 Å². The zero-order valence-corrected chi connectivity index (χ0v) is 15.4. The lowest BCUT2D eigenvalue weighted by molar-refractivity contribution is 0.0999. The third-order valence-electron chi connectivity index (χ3n) is 4.18. The molecular formula is C21H15ClN2OS. The smallest absolute Gasteiger partial charge is 0.280 e. The predicted molar refractivity (Wildman–Crippen MR) is 109 cm³/mol. The minimum Gasteiger partial charge on any atom is -0.311 e. The summed E-state index contributed by atoms with van der Waals surface area (Å²) >= 11 is 7.82. The fourth-order valence-corrected chi connectivity index (χ4v) is 4.43. The van der Waals surface area contributed by atoms with Crippen LogP contribution in [0.4, 0.5) is 0 Å². The van der Waals surface area contributed by atoms with Gasteiger partial charge in [0, 0.05) is 12.1 Å². The maximum atomic E-state index is 12.9. The molecular weight excluding hydrogens is 364 g/mol. The summed E-state index contributed by atoms with van der Waals surface area (Å²) in [5.41, 5.74) is 1.47. The van der Waals surface area contributed by atoms with Gasteiger partial charge in [-0.25, -0.2) is 0 Å². The average molecular weight is 379 g/mol. The highest BCUT2D eigenvalue weighted by atomic mass is 35.5. The lowest BCUT2D eigenvalue weighted by atomic mass is 10.0. The Labute approximate surface area is 159 Å². The molecule has 0 saturated carbocycles. The van der Waals surface area contributed by atoms with Crippen LogP contribution < -0.4 is 4.80 Å². The first kappa shape index (κ1) is 16.8. The molecule has 0 aliphatic carbocycles. The van der Waals surface area contributed by atoms with Gasteiger partial charge >= 0.3 is 0 Å². The molecule has 0 radical (unpaired) electrons. The van der Waals surface area contributed by atoms with Crippen LogP contribution in [0.2, 0.25) is 5.02 Å². The quantitative estimate of drug-likeness (QED) is 0.437. The summed E-state index contributed by atoms with van der Waals surface area (Å²) in [6.45, 7) is 4.34. The number of nitrogens with zero attached hydrogens (tertiary/aromatic N) is 2. The number of thiazole rings is 1. The Kier molecular flexibility index (Phi) is 4.45. The summed E-state index contributed by atoms with van der Waals surface area (Å²) in [6, 6.07) is 19.2. The highest BCUT2D eigenvalue weighted by Gasteiger charge is 2.12. The number of hydrogen-bond donors (Lipinski definition) is 0. The molecule has 4 aromatic rings. The van der Waals surface area contributed by atoms with Crippen molar-refractivity contribution in [2.45, 2.75) is 6.54 Å². The monoisotopic (exact) mass is 378 g/mol. The van der Waals surface area contributed by atoms with Crippen molar-refractivity contribution in [3.8, 4) is 0 Å². The number of benzene rings is 3. The largest absolute Gasteiger partial charge is 0.311 e. The number of amides is 1. The van der Waals surface area contributed by atoms with Crippen molar-refractivity contribution in [2.75, 3.05) is 0 Å². The Hall–Kier alpha value is -2.69. The summed E-state index contributed by atoms with van der Waals surface area (Å²) < 4.78 is 2.92. The van der Waals surface area contributed by atoms with Crippen molar-refractivity contribution in [1.82, 2.24) is 4.57 Å². The fourth-order valence-electron chi connectivity index (χ4n) is 3.03. The Morgan fingerprint density at radius 3 is 2.73 bits per heavy atom. The Morgan fingerprint density at radius 1 is 1.12 bits per heavy atom. The number of allylic oxidation sites excluding steroid dienone is 1. The maximum Gasteiger partial charge on any atom is 0.280 e. The summed E-state index contributed by atoms with van der Waals surface area (Å²) in [5.74, 6) is -0.262. The summed E-state index contributed by atoms with van der Waals surface area (Å²) in [5, 5.41) is 2.56. The molecule has 0 N–H and O–H groups in total. The van der Waals surface area contributed by atoms with Crippen LogP contribution in [0.1, 0.15) is 10.4 Å². The van der Waals surface area contributed by atoms with E-state index >= 15 is 0 Å². The number of hydrogen-bond acceptors (Lipinski definition) is 2. The van der Waals surface area contributed by atoms with Gasteiger partial charge in [-0.2, -0.15) is 4.99 Å². The van der Waals surface area contributed by atoms with Gasteiger partial charge in [0.2, 0.25) is 0 Å². The number of aromatic nitrogens is 1. The molecule has 0 bridgehead atoms. The zero-order chi connectivity index (χ0) is 18.1. The van der Waals surface area contributed by atoms with E-state index in [1.165, 1.54) is 11.3 Å². The van der Waals surface area contributed by atoms with Crippen LogP contribution >= 0.6 is 22.9 Å². The van der Waals surface area contributed by atoms with E-state index in [1.807, 2.05) is 65.2 Å². The second-order valence-electron chi connectivity index (χ2n) is 5.81. The molecule has 1 amide bonds. The maximum absolute atomic E-state index is 12.9. The molecule has 0 spiro atoms. The van der Waals surface area contributed by atoms with Gasteiger partial charge in [0.25, 0.3) is 5.91 Å². The minimum absolute atomic E-state index is 0.262. The van der Waals surface area contributed by atoms with Gasteiger partial charge in [0.15, 0.2) is 4.80 Å². The van der Waals surface area contributed by atoms with E-state index in [0.29, 0.717) is 21.9 Å². The Bertz CT molecular complexity index is 1210. The second kappa shape index (κ2) is 6.90. The molecule has 26 heavy (non-hydrogen) atoms. The number of rotatable bonds is 3. The van der Waals surface area contributed by atoms with Crippen molar-refractivity contribution in [3.05, 3.63) is 88.7 Å². The third-order valence-corrected chi connectivity index (χ3v) is 5.53. The number of carbonyl (C=O) groups is 1. The Morgan fingerprint density at radius 2 is 1.88 bits per heavy atom. The lowest BCUT2D eigenvalue weighted by Gasteiger charge is -2.04. The molecule has 0 saturated heterocycles. The van der Waals surface area contributed by atoms with E-state index in [4.69, 9.17) is 11.6 Å². The number of halogens is 1. The first-order valence-corrected chi connectivity index (χ1v) is 9.34. The van der Waals surface area contributed by atoms with Crippen molar-refractivity contribution in [1.29, 1.82) is 0 Å². The molecule has 128 valence electrons. The number of fused-ring (bicyclic) bond motifs is 2. The number of para-hydroxylation sites is 1. The molecule has 0 fully saturated rings. The lowest BCUT2D eigenvalue weighted by Crippen LogP contribution is -2.16. The summed E-state index contributed by atoms with van der Waals surface area (Å²) in [4.78, 5) is 17.9. The van der Waals surface area contributed by atoms with Crippen molar-refractivity contribution in [3.63, 3.8) is 0 Å². The van der Waals surface area contributed by atoms with Crippen LogP contribution in [0, 0.1) is 0 Å². The van der Waals surface area contributed by atoms with Crippen molar-refractivity contribution < 1.29 is 4.79 Å². The van der Waals surface area contributed by atoms with Crippen LogP contribution in [0.25, 0.3) is 21.0 Å². The topological polar surface area (TPSA) is 34.4 Å². The molecule has 0 aliphatic rings. The highest BCUT2D eigenvalue weighted by molar-refractivity contribution is 7.16.